The van der Waals surface area contributed by atoms with Gasteiger partial charge in [0.25, 0.3) is 5.91 Å². The van der Waals surface area contributed by atoms with E-state index in [1.54, 1.807) is 24.1 Å². The van der Waals surface area contributed by atoms with E-state index < -0.39 is 0 Å². The van der Waals surface area contributed by atoms with Gasteiger partial charge in [-0.2, -0.15) is 0 Å². The molecule has 0 saturated carbocycles. The van der Waals surface area contributed by atoms with Crippen molar-refractivity contribution in [2.24, 2.45) is 0 Å². The van der Waals surface area contributed by atoms with Crippen LogP contribution in [0.15, 0.2) is 24.3 Å². The second kappa shape index (κ2) is 5.40. The topological polar surface area (TPSA) is 49.8 Å². The van der Waals surface area contributed by atoms with Crippen molar-refractivity contribution in [2.45, 2.75) is 38.5 Å². The Hall–Kier alpha value is -1.55. The molecular weight excluding hydrogens is 230 g/mol. The number of amides is 1. The lowest BCUT2D eigenvalue weighted by atomic mass is 10.1. The molecule has 4 heteroatoms. The van der Waals surface area contributed by atoms with Crippen LogP contribution in [0.2, 0.25) is 0 Å². The fraction of sp³-hybridized carbons (Fsp3) is 0.500. The third kappa shape index (κ3) is 3.01. The van der Waals surface area contributed by atoms with Crippen molar-refractivity contribution in [3.8, 4) is 5.75 Å². The first-order valence-corrected chi connectivity index (χ1v) is 6.24. The van der Waals surface area contributed by atoms with Crippen molar-refractivity contribution in [3.63, 3.8) is 0 Å². The molecule has 0 radical (unpaired) electrons. The lowest BCUT2D eigenvalue weighted by Crippen LogP contribution is -2.35. The minimum Gasteiger partial charge on any atom is -0.508 e. The van der Waals surface area contributed by atoms with Crippen molar-refractivity contribution in [2.75, 3.05) is 7.05 Å². The fourth-order valence-corrected chi connectivity index (χ4v) is 2.18. The van der Waals surface area contributed by atoms with E-state index in [0.29, 0.717) is 6.54 Å². The van der Waals surface area contributed by atoms with Gasteiger partial charge in [-0.25, -0.2) is 0 Å². The highest BCUT2D eigenvalue weighted by molar-refractivity contribution is 5.80. The molecule has 1 aromatic rings. The molecule has 2 atom stereocenters. The van der Waals surface area contributed by atoms with Gasteiger partial charge in [-0.05, 0) is 37.5 Å². The maximum Gasteiger partial charge on any atom is 0.251 e. The summed E-state index contributed by atoms with van der Waals surface area (Å²) in [7, 11) is 1.78. The second-order valence-electron chi connectivity index (χ2n) is 4.87. The molecule has 2 unspecified atom stereocenters. The zero-order chi connectivity index (χ0) is 13.1. The SMILES string of the molecule is CC1CCC(C(=O)N(C)Cc2ccc(O)cc2)O1. The third-order valence-corrected chi connectivity index (χ3v) is 3.24. The van der Waals surface area contributed by atoms with E-state index in [1.807, 2.05) is 19.1 Å². The van der Waals surface area contributed by atoms with E-state index in [2.05, 4.69) is 0 Å². The molecule has 1 saturated heterocycles. The van der Waals surface area contributed by atoms with Crippen LogP contribution >= 0.6 is 0 Å². The molecule has 18 heavy (non-hydrogen) atoms. The van der Waals surface area contributed by atoms with Gasteiger partial charge in [0.15, 0.2) is 0 Å². The van der Waals surface area contributed by atoms with E-state index in [0.717, 1.165) is 18.4 Å². The summed E-state index contributed by atoms with van der Waals surface area (Å²) in [6.45, 7) is 2.53. The summed E-state index contributed by atoms with van der Waals surface area (Å²) in [6, 6.07) is 6.89. The minimum absolute atomic E-state index is 0.0347. The first-order valence-electron chi connectivity index (χ1n) is 6.24. The number of ether oxygens (including phenoxy) is 1. The van der Waals surface area contributed by atoms with E-state index in [9.17, 15) is 9.90 Å². The van der Waals surface area contributed by atoms with Gasteiger partial charge in [0.05, 0.1) is 6.10 Å². The van der Waals surface area contributed by atoms with E-state index in [-0.39, 0.29) is 23.9 Å². The van der Waals surface area contributed by atoms with Gasteiger partial charge in [-0.15, -0.1) is 0 Å². The molecule has 1 aromatic carbocycles. The van der Waals surface area contributed by atoms with Gasteiger partial charge in [0.1, 0.15) is 11.9 Å². The van der Waals surface area contributed by atoms with Gasteiger partial charge >= 0.3 is 0 Å². The molecule has 1 heterocycles. The average Bonchev–Trinajstić information content (AvgIpc) is 2.78. The summed E-state index contributed by atoms with van der Waals surface area (Å²) >= 11 is 0. The van der Waals surface area contributed by atoms with Gasteiger partial charge < -0.3 is 14.7 Å². The van der Waals surface area contributed by atoms with Gasteiger partial charge in [-0.3, -0.25) is 4.79 Å². The molecule has 0 aliphatic carbocycles. The van der Waals surface area contributed by atoms with Crippen LogP contribution in [0.1, 0.15) is 25.3 Å². The Balaban J connectivity index is 1.93. The van der Waals surface area contributed by atoms with Crippen molar-refractivity contribution >= 4 is 5.91 Å². The number of carbonyl (C=O) groups is 1. The predicted octanol–water partition coefficient (Wildman–Crippen LogP) is 1.92. The Morgan fingerprint density at radius 3 is 2.61 bits per heavy atom. The van der Waals surface area contributed by atoms with Crippen LogP contribution in [0.5, 0.6) is 5.75 Å². The highest BCUT2D eigenvalue weighted by atomic mass is 16.5. The number of carbonyl (C=O) groups excluding carboxylic acids is 1. The number of rotatable bonds is 3. The fourth-order valence-electron chi connectivity index (χ4n) is 2.18. The van der Waals surface area contributed by atoms with E-state index in [1.165, 1.54) is 0 Å². The number of nitrogens with zero attached hydrogens (tertiary/aromatic N) is 1. The van der Waals surface area contributed by atoms with E-state index in [4.69, 9.17) is 4.74 Å². The molecule has 98 valence electrons. The van der Waals surface area contributed by atoms with Gasteiger partial charge in [0, 0.05) is 13.6 Å². The summed E-state index contributed by atoms with van der Waals surface area (Å²) in [4.78, 5) is 13.8. The quantitative estimate of drug-likeness (QED) is 0.890. The molecule has 4 nitrogen and oxygen atoms in total. The first kappa shape index (κ1) is 12.9. The predicted molar refractivity (Wildman–Crippen MR) is 68.1 cm³/mol. The molecule has 1 aliphatic rings. The Morgan fingerprint density at radius 2 is 2.06 bits per heavy atom. The highest BCUT2D eigenvalue weighted by Gasteiger charge is 2.30. The third-order valence-electron chi connectivity index (χ3n) is 3.24. The highest BCUT2D eigenvalue weighted by Crippen LogP contribution is 2.21. The smallest absolute Gasteiger partial charge is 0.251 e. The Kier molecular flexibility index (Phi) is 3.87. The molecule has 1 amide bonds. The zero-order valence-electron chi connectivity index (χ0n) is 10.8. The number of hydrogen-bond donors (Lipinski definition) is 1. The minimum atomic E-state index is -0.290. The summed E-state index contributed by atoms with van der Waals surface area (Å²) in [5, 5.41) is 9.20. The monoisotopic (exact) mass is 249 g/mol. The number of likely N-dealkylation sites (N-methyl/N-ethyl adjacent to an activating group) is 1. The van der Waals surface area contributed by atoms with Crippen LogP contribution in [-0.2, 0) is 16.1 Å². The van der Waals surface area contributed by atoms with Crippen molar-refractivity contribution in [3.05, 3.63) is 29.8 Å². The van der Waals surface area contributed by atoms with Crippen LogP contribution in [0.25, 0.3) is 0 Å². The number of aromatic hydroxyl groups is 1. The van der Waals surface area contributed by atoms with Crippen molar-refractivity contribution in [1.29, 1.82) is 0 Å². The largest absolute Gasteiger partial charge is 0.508 e. The molecule has 1 fully saturated rings. The lowest BCUT2D eigenvalue weighted by Gasteiger charge is -2.21. The van der Waals surface area contributed by atoms with Gasteiger partial charge in [-0.1, -0.05) is 12.1 Å². The summed E-state index contributed by atoms with van der Waals surface area (Å²) in [6.07, 6.45) is 1.65. The summed E-state index contributed by atoms with van der Waals surface area (Å²) < 4.78 is 5.57. The number of benzene rings is 1. The van der Waals surface area contributed by atoms with Crippen LogP contribution in [0, 0.1) is 0 Å². The van der Waals surface area contributed by atoms with Crippen molar-refractivity contribution < 1.29 is 14.6 Å². The van der Waals surface area contributed by atoms with Crippen LogP contribution in [0.4, 0.5) is 0 Å². The average molecular weight is 249 g/mol. The maximum absolute atomic E-state index is 12.1. The van der Waals surface area contributed by atoms with Crippen LogP contribution in [-0.4, -0.2) is 35.2 Å². The van der Waals surface area contributed by atoms with Crippen LogP contribution in [0.3, 0.4) is 0 Å². The second-order valence-corrected chi connectivity index (χ2v) is 4.87. The summed E-state index contributed by atoms with van der Waals surface area (Å²) in [5.41, 5.74) is 0.995. The molecule has 1 N–H and O–H groups in total. The lowest BCUT2D eigenvalue weighted by molar-refractivity contribution is -0.141. The Labute approximate surface area is 107 Å². The molecule has 0 spiro atoms. The maximum atomic E-state index is 12.1. The first-order chi connectivity index (χ1) is 8.56. The Morgan fingerprint density at radius 1 is 1.39 bits per heavy atom. The standard InChI is InChI=1S/C14H19NO3/c1-10-3-8-13(18-10)14(17)15(2)9-11-4-6-12(16)7-5-11/h4-7,10,13,16H,3,8-9H2,1-2H3. The molecule has 0 bridgehead atoms. The normalized spacial score (nSPS) is 23.0. The number of phenolic OH excluding ortho intramolecular Hbond substituents is 1. The molecule has 0 aromatic heterocycles. The molecule has 1 aliphatic heterocycles. The summed E-state index contributed by atoms with van der Waals surface area (Å²) in [5.74, 6) is 0.271. The van der Waals surface area contributed by atoms with Crippen molar-refractivity contribution in [1.82, 2.24) is 4.90 Å². The molecular formula is C14H19NO3. The number of phenols is 1. The Bertz CT molecular complexity index is 416. The molecule has 2 rings (SSSR count). The van der Waals surface area contributed by atoms with Gasteiger partial charge in [0.2, 0.25) is 0 Å². The van der Waals surface area contributed by atoms with Crippen LogP contribution < -0.4 is 0 Å². The zero-order valence-corrected chi connectivity index (χ0v) is 10.8. The number of hydrogen-bond acceptors (Lipinski definition) is 3. The van der Waals surface area contributed by atoms with E-state index >= 15 is 0 Å².